The molecule has 0 aromatic heterocycles. The van der Waals surface area contributed by atoms with E-state index >= 15 is 0 Å². The van der Waals surface area contributed by atoms with E-state index in [2.05, 4.69) is 138 Å². The first-order valence-electron chi connectivity index (χ1n) is 36.4. The molecular formula is C85H105F3O18S3. The minimum Gasteiger partial charge on any atom is -0.743 e. The molecule has 7 unspecified atom stereocenters. The maximum atomic E-state index is 13.0. The van der Waals surface area contributed by atoms with E-state index in [1.54, 1.807) is 83.2 Å². The van der Waals surface area contributed by atoms with Gasteiger partial charge in [-0.15, -0.1) is 0 Å². The van der Waals surface area contributed by atoms with Gasteiger partial charge in [-0.05, 0) is 229 Å². The highest BCUT2D eigenvalue weighted by atomic mass is 32.2. The van der Waals surface area contributed by atoms with Gasteiger partial charge in [0.15, 0.2) is 37.3 Å². The summed E-state index contributed by atoms with van der Waals surface area (Å²) in [6.45, 7) is 25.5. The number of alkyl halides is 3. The van der Waals surface area contributed by atoms with E-state index < -0.39 is 68.0 Å². The van der Waals surface area contributed by atoms with Crippen molar-refractivity contribution in [2.75, 3.05) is 27.4 Å². The van der Waals surface area contributed by atoms with E-state index in [1.807, 2.05) is 82.2 Å². The highest BCUT2D eigenvalue weighted by Gasteiger charge is 2.63. The van der Waals surface area contributed by atoms with Gasteiger partial charge in [0.2, 0.25) is 5.79 Å². The first-order valence-corrected chi connectivity index (χ1v) is 39.9. The molecular weight excluding hydrogens is 1460 g/mol. The van der Waals surface area contributed by atoms with Crippen molar-refractivity contribution in [3.05, 3.63) is 199 Å². The smallest absolute Gasteiger partial charge is 0.364 e. The standard InChI is InChI=1S/C33H29O2S2.C16H24O4.C14H20O4.C12H16O3.C10H17F3O5S/c1-34-33(35-2,26-18-22-29(23-19-26)36-28-12-6-3-7-13-28)27-20-24-32(25-21-27)37(30-14-8-4-9-15-30)31-16-10-5-11-17-31;1-6-16(4,5)15(17)20-14-10-8-13(9-11-14)19-12(3)18-7-2;1-4-14(2,3)13(16)18-10-7-5-8-9(6-7)12(15)17-11(8)10;1-4-12(2,3)11(14)15-10-7-5-9(13)6-8-10;1-4-9(2,3)8(14)18-6-5-7(11)10(12,13)19(15,16)17/h3-25H,1-2H3;8-12H,6-7H2,1-5H3;7-11H,4-6H2,1-3H3;5-8,13H,4H2,1-3H3;7H,4-6H2,1-3H3,(H,15,16,17)/q+1;;;;/p-1. The Morgan fingerprint density at radius 1 is 0.578 bits per heavy atom. The van der Waals surface area contributed by atoms with Gasteiger partial charge in [0, 0.05) is 60.0 Å². The number of esters is 5. The summed E-state index contributed by atoms with van der Waals surface area (Å²) < 4.78 is 118. The van der Waals surface area contributed by atoms with Crippen LogP contribution in [-0.4, -0.2) is 105 Å². The van der Waals surface area contributed by atoms with E-state index in [0.717, 1.165) is 43.2 Å². The average molecular weight is 1570 g/mol. The van der Waals surface area contributed by atoms with Crippen LogP contribution < -0.4 is 14.2 Å². The van der Waals surface area contributed by atoms with Gasteiger partial charge in [-0.2, -0.15) is 8.78 Å². The summed E-state index contributed by atoms with van der Waals surface area (Å²) >= 11 is 1.74. The number of rotatable bonds is 29. The molecule has 18 nitrogen and oxygen atoms in total. The molecule has 1 heterocycles. The first-order chi connectivity index (χ1) is 51.4. The number of hydrogen-bond acceptors (Lipinski definition) is 19. The summed E-state index contributed by atoms with van der Waals surface area (Å²) in [4.78, 5) is 65.0. The van der Waals surface area contributed by atoms with Crippen molar-refractivity contribution in [1.82, 2.24) is 0 Å². The highest BCUT2D eigenvalue weighted by Crippen LogP contribution is 2.56. The second-order valence-corrected chi connectivity index (χ2v) is 33.6. The van der Waals surface area contributed by atoms with E-state index in [0.29, 0.717) is 42.1 Å². The number of fused-ring (bicyclic) bond motifs is 1. The minimum absolute atomic E-state index is 0.0779. The van der Waals surface area contributed by atoms with E-state index in [1.165, 1.54) is 36.6 Å². The van der Waals surface area contributed by atoms with Gasteiger partial charge in [-0.3, -0.25) is 24.0 Å². The molecule has 0 spiro atoms. The molecule has 24 heteroatoms. The molecule has 1 N–H and O–H groups in total. The zero-order chi connectivity index (χ0) is 80.7. The van der Waals surface area contributed by atoms with Crippen molar-refractivity contribution in [2.24, 2.45) is 39.4 Å². The summed E-state index contributed by atoms with van der Waals surface area (Å²) in [5.41, 5.74) is -0.346. The lowest BCUT2D eigenvalue weighted by molar-refractivity contribution is -0.183. The molecule has 1 saturated heterocycles. The third-order valence-corrected chi connectivity index (χ3v) is 23.9. The van der Waals surface area contributed by atoms with Gasteiger partial charge < -0.3 is 52.3 Å². The molecule has 0 amide bonds. The van der Waals surface area contributed by atoms with Crippen molar-refractivity contribution in [2.45, 2.75) is 202 Å². The summed E-state index contributed by atoms with van der Waals surface area (Å²) in [5, 5.41) is 4.03. The molecule has 3 fully saturated rings. The number of carbonyl (C=O) groups excluding carboxylic acids is 5. The average Bonchev–Trinajstić information content (AvgIpc) is 1.58. The Kier molecular flexibility index (Phi) is 33.0. The molecule has 109 heavy (non-hydrogen) atoms. The number of methoxy groups -OCH3 is 2. The molecule has 2 bridgehead atoms. The van der Waals surface area contributed by atoms with Crippen molar-refractivity contribution >= 4 is 62.6 Å². The van der Waals surface area contributed by atoms with Gasteiger partial charge >= 0.3 is 35.1 Å². The molecule has 0 radical (unpaired) electrons. The maximum Gasteiger partial charge on any atom is 0.364 e. The lowest BCUT2D eigenvalue weighted by Crippen LogP contribution is -2.39. The zero-order valence-corrected chi connectivity index (χ0v) is 67.5. The number of aromatic hydroxyl groups is 1. The predicted molar refractivity (Wildman–Crippen MR) is 412 cm³/mol. The summed E-state index contributed by atoms with van der Waals surface area (Å²) in [6.07, 6.45) is -0.497. The normalized spacial score (nSPS) is 17.2. The van der Waals surface area contributed by atoms with Crippen LogP contribution in [0.4, 0.5) is 13.2 Å². The highest BCUT2D eigenvalue weighted by molar-refractivity contribution is 7.99. The van der Waals surface area contributed by atoms with Crippen LogP contribution in [0, 0.1) is 39.4 Å². The molecule has 7 aromatic carbocycles. The number of phenols is 1. The number of phenolic OH excluding ortho intramolecular Hbond substituents is 1. The van der Waals surface area contributed by atoms with Crippen LogP contribution in [0.25, 0.3) is 0 Å². The Balaban J connectivity index is 0.000000224. The number of hydrogen-bond donors (Lipinski definition) is 1. The molecule has 7 atom stereocenters. The topological polar surface area (TPSA) is 246 Å². The van der Waals surface area contributed by atoms with Crippen molar-refractivity contribution < 1.29 is 97.9 Å². The zero-order valence-electron chi connectivity index (χ0n) is 65.0. The maximum absolute atomic E-state index is 13.0. The Morgan fingerprint density at radius 2 is 0.991 bits per heavy atom. The minimum atomic E-state index is -6.08. The van der Waals surface area contributed by atoms with Gasteiger partial charge in [0.05, 0.1) is 45.1 Å². The number of benzene rings is 7. The lowest BCUT2D eigenvalue weighted by Gasteiger charge is -2.32. The third kappa shape index (κ3) is 24.4. The quantitative estimate of drug-likeness (QED) is 0.0114. The second-order valence-electron chi connectivity index (χ2n) is 28.9. The van der Waals surface area contributed by atoms with Gasteiger partial charge in [-0.25, -0.2) is 12.8 Å². The van der Waals surface area contributed by atoms with Crippen LogP contribution in [0.5, 0.6) is 23.0 Å². The molecule has 3 aliphatic rings. The summed E-state index contributed by atoms with van der Waals surface area (Å²) in [7, 11) is -2.90. The Labute approximate surface area is 647 Å². The number of carbonyl (C=O) groups is 5. The summed E-state index contributed by atoms with van der Waals surface area (Å²) in [5.74, 6) is 0.0852. The second kappa shape index (κ2) is 40.1. The van der Waals surface area contributed by atoms with Crippen LogP contribution in [-0.2, 0) is 79.2 Å². The molecule has 592 valence electrons. The van der Waals surface area contributed by atoms with Gasteiger partial charge in [-0.1, -0.05) is 106 Å². The van der Waals surface area contributed by atoms with E-state index in [4.69, 9.17) is 43.0 Å². The van der Waals surface area contributed by atoms with Crippen molar-refractivity contribution in [3.8, 4) is 23.0 Å². The molecule has 1 aliphatic heterocycles. The molecule has 2 aliphatic carbocycles. The molecule has 10 rings (SSSR count). The van der Waals surface area contributed by atoms with Crippen LogP contribution in [0.2, 0.25) is 0 Å². The van der Waals surface area contributed by atoms with Crippen LogP contribution in [0.15, 0.2) is 213 Å². The fourth-order valence-corrected chi connectivity index (χ4v) is 14.5. The molecule has 2 saturated carbocycles. The van der Waals surface area contributed by atoms with Crippen molar-refractivity contribution in [1.29, 1.82) is 0 Å². The molecule has 7 aromatic rings. The Morgan fingerprint density at radius 3 is 1.44 bits per heavy atom. The van der Waals surface area contributed by atoms with E-state index in [9.17, 15) is 50.1 Å². The Bertz CT molecular complexity index is 4090. The third-order valence-electron chi connectivity index (χ3n) is 19.7. The monoisotopic (exact) mass is 1570 g/mol. The predicted octanol–water partition coefficient (Wildman–Crippen LogP) is 18.7. The number of ether oxygens (including phenoxy) is 9. The van der Waals surface area contributed by atoms with Gasteiger partial charge in [0.25, 0.3) is 0 Å². The lowest BCUT2D eigenvalue weighted by atomic mass is 9.87. The van der Waals surface area contributed by atoms with Crippen LogP contribution in [0.3, 0.4) is 0 Å². The Hall–Kier alpha value is -8.23. The largest absolute Gasteiger partial charge is 0.743 e. The summed E-state index contributed by atoms with van der Waals surface area (Å²) in [6, 6.07) is 61.9. The fraction of sp³-hybridized carbons (Fsp3) is 0.447. The first kappa shape index (κ1) is 89.7. The number of halogens is 3. The van der Waals surface area contributed by atoms with Crippen LogP contribution >= 0.6 is 11.8 Å². The van der Waals surface area contributed by atoms with E-state index in [-0.39, 0.29) is 64.9 Å². The fourth-order valence-electron chi connectivity index (χ4n) is 11.2. The van der Waals surface area contributed by atoms with Gasteiger partial charge in [0.1, 0.15) is 35.2 Å². The van der Waals surface area contributed by atoms with Crippen molar-refractivity contribution in [3.63, 3.8) is 0 Å². The SMILES string of the molecule is CCC(C)(C)C(=O)OC1C2CC3C(=O)OC1C3C2.CCC(C)(C)C(=O)OCCC(F)C(F)(F)S(=O)(=O)[O-].CCC(C)(C)C(=O)Oc1ccc(O)cc1.CCOC(C)Oc1ccc(OC(=O)C(C)(C)CC)cc1.COC(OC)(c1ccc(Sc2ccccc2)cc1)c1ccc([S+](c2ccccc2)c2ccccc2)cc1. The van der Waals surface area contributed by atoms with Crippen LogP contribution in [0.1, 0.15) is 153 Å².